The van der Waals surface area contributed by atoms with Crippen molar-refractivity contribution < 1.29 is 22.7 Å². The van der Waals surface area contributed by atoms with Gasteiger partial charge in [0, 0.05) is 10.0 Å². The minimum atomic E-state index is -4.85. The molecule has 0 bridgehead atoms. The standard InChI is InChI=1S/C15H10Cl2F3NO2/c16-10-6-5-9(11(17)8-10)7-14(22)21-12-3-1-2-4-13(12)23-15(18,19)20/h1-6,8H,7H2,(H,21,22). The van der Waals surface area contributed by atoms with E-state index in [1.807, 2.05) is 0 Å². The molecule has 0 saturated heterocycles. The Morgan fingerprint density at radius 1 is 1.13 bits per heavy atom. The Morgan fingerprint density at radius 2 is 1.83 bits per heavy atom. The molecule has 0 saturated carbocycles. The molecule has 8 heteroatoms. The maximum absolute atomic E-state index is 12.3. The summed E-state index contributed by atoms with van der Waals surface area (Å²) < 4.78 is 40.9. The summed E-state index contributed by atoms with van der Waals surface area (Å²) in [6, 6.07) is 9.88. The molecule has 0 aromatic heterocycles. The van der Waals surface area contributed by atoms with E-state index in [1.165, 1.54) is 24.3 Å². The molecule has 0 radical (unpaired) electrons. The zero-order valence-corrected chi connectivity index (χ0v) is 13.0. The van der Waals surface area contributed by atoms with E-state index < -0.39 is 18.0 Å². The summed E-state index contributed by atoms with van der Waals surface area (Å²) in [6.07, 6.45) is -4.96. The number of anilines is 1. The Labute approximate surface area is 140 Å². The van der Waals surface area contributed by atoms with Crippen LogP contribution in [0.15, 0.2) is 42.5 Å². The normalized spacial score (nSPS) is 11.2. The molecule has 23 heavy (non-hydrogen) atoms. The van der Waals surface area contributed by atoms with Crippen molar-refractivity contribution in [1.29, 1.82) is 0 Å². The molecule has 0 unspecified atom stereocenters. The summed E-state index contributed by atoms with van der Waals surface area (Å²) in [7, 11) is 0. The molecule has 0 aliphatic heterocycles. The van der Waals surface area contributed by atoms with Crippen LogP contribution in [-0.4, -0.2) is 12.3 Å². The summed E-state index contributed by atoms with van der Waals surface area (Å²) in [5.74, 6) is -1.02. The maximum Gasteiger partial charge on any atom is 0.573 e. The minimum absolute atomic E-state index is 0.0834. The smallest absolute Gasteiger partial charge is 0.404 e. The van der Waals surface area contributed by atoms with Crippen LogP contribution in [0.3, 0.4) is 0 Å². The fourth-order valence-corrected chi connectivity index (χ4v) is 2.29. The minimum Gasteiger partial charge on any atom is -0.404 e. The van der Waals surface area contributed by atoms with Crippen LogP contribution in [0.4, 0.5) is 18.9 Å². The molecule has 0 aliphatic carbocycles. The summed E-state index contributed by atoms with van der Waals surface area (Å²) in [5.41, 5.74) is 0.419. The van der Waals surface area contributed by atoms with E-state index in [0.29, 0.717) is 15.6 Å². The fourth-order valence-electron chi connectivity index (χ4n) is 1.82. The quantitative estimate of drug-likeness (QED) is 0.822. The number of para-hydroxylation sites is 2. The first-order valence-corrected chi connectivity index (χ1v) is 7.09. The summed E-state index contributed by atoms with van der Waals surface area (Å²) in [6.45, 7) is 0. The molecular weight excluding hydrogens is 354 g/mol. The van der Waals surface area contributed by atoms with Crippen molar-refractivity contribution in [2.24, 2.45) is 0 Å². The van der Waals surface area contributed by atoms with E-state index in [4.69, 9.17) is 23.2 Å². The third-order valence-electron chi connectivity index (χ3n) is 2.75. The van der Waals surface area contributed by atoms with Gasteiger partial charge >= 0.3 is 6.36 Å². The van der Waals surface area contributed by atoms with Crippen LogP contribution in [0.2, 0.25) is 10.0 Å². The molecule has 2 aromatic rings. The summed E-state index contributed by atoms with van der Waals surface area (Å²) in [4.78, 5) is 12.0. The number of halogens is 5. The van der Waals surface area contributed by atoms with E-state index in [2.05, 4.69) is 10.1 Å². The Bertz CT molecular complexity index is 720. The topological polar surface area (TPSA) is 38.3 Å². The highest BCUT2D eigenvalue weighted by Crippen LogP contribution is 2.30. The van der Waals surface area contributed by atoms with Gasteiger partial charge < -0.3 is 10.1 Å². The van der Waals surface area contributed by atoms with Crippen LogP contribution < -0.4 is 10.1 Å². The molecule has 0 aliphatic rings. The highest BCUT2D eigenvalue weighted by atomic mass is 35.5. The summed E-state index contributed by atoms with van der Waals surface area (Å²) in [5, 5.41) is 3.09. The van der Waals surface area contributed by atoms with E-state index in [0.717, 1.165) is 6.07 Å². The molecule has 2 rings (SSSR count). The van der Waals surface area contributed by atoms with Gasteiger partial charge in [-0.15, -0.1) is 13.2 Å². The average molecular weight is 364 g/mol. The van der Waals surface area contributed by atoms with Gasteiger partial charge in [0.25, 0.3) is 0 Å². The SMILES string of the molecule is O=C(Cc1ccc(Cl)cc1Cl)Nc1ccccc1OC(F)(F)F. The Balaban J connectivity index is 2.11. The predicted octanol–water partition coefficient (Wildman–Crippen LogP) is 5.07. The van der Waals surface area contributed by atoms with E-state index in [9.17, 15) is 18.0 Å². The van der Waals surface area contributed by atoms with Crippen LogP contribution in [0.5, 0.6) is 5.75 Å². The fraction of sp³-hybridized carbons (Fsp3) is 0.133. The van der Waals surface area contributed by atoms with Gasteiger partial charge in [-0.1, -0.05) is 41.4 Å². The van der Waals surface area contributed by atoms with Crippen molar-refractivity contribution >= 4 is 34.8 Å². The van der Waals surface area contributed by atoms with Gasteiger partial charge in [-0.3, -0.25) is 4.79 Å². The third-order valence-corrected chi connectivity index (χ3v) is 3.34. The lowest BCUT2D eigenvalue weighted by atomic mass is 10.1. The van der Waals surface area contributed by atoms with Crippen molar-refractivity contribution in [2.75, 3.05) is 5.32 Å². The van der Waals surface area contributed by atoms with Crippen molar-refractivity contribution in [3.63, 3.8) is 0 Å². The molecule has 1 N–H and O–H groups in total. The zero-order valence-electron chi connectivity index (χ0n) is 11.5. The van der Waals surface area contributed by atoms with Crippen molar-refractivity contribution in [3.05, 3.63) is 58.1 Å². The Kier molecular flexibility index (Phi) is 5.38. The maximum atomic E-state index is 12.3. The number of rotatable bonds is 4. The van der Waals surface area contributed by atoms with Gasteiger partial charge in [-0.05, 0) is 29.8 Å². The van der Waals surface area contributed by atoms with Gasteiger partial charge in [0.2, 0.25) is 5.91 Å². The van der Waals surface area contributed by atoms with Gasteiger partial charge in [0.15, 0.2) is 5.75 Å². The highest BCUT2D eigenvalue weighted by molar-refractivity contribution is 6.35. The van der Waals surface area contributed by atoms with Gasteiger partial charge in [0.1, 0.15) is 0 Å². The van der Waals surface area contributed by atoms with Crippen LogP contribution >= 0.6 is 23.2 Å². The molecular formula is C15H10Cl2F3NO2. The first-order chi connectivity index (χ1) is 10.7. The molecule has 2 aromatic carbocycles. The lowest BCUT2D eigenvalue weighted by molar-refractivity contribution is -0.274. The van der Waals surface area contributed by atoms with E-state index in [-0.39, 0.29) is 12.1 Å². The second-order valence-electron chi connectivity index (χ2n) is 4.50. The van der Waals surface area contributed by atoms with Crippen LogP contribution in [0.1, 0.15) is 5.56 Å². The molecule has 3 nitrogen and oxygen atoms in total. The lowest BCUT2D eigenvalue weighted by Crippen LogP contribution is -2.20. The Morgan fingerprint density at radius 3 is 2.48 bits per heavy atom. The van der Waals surface area contributed by atoms with Crippen LogP contribution in [0.25, 0.3) is 0 Å². The number of hydrogen-bond donors (Lipinski definition) is 1. The number of amides is 1. The van der Waals surface area contributed by atoms with Gasteiger partial charge in [-0.25, -0.2) is 0 Å². The molecule has 1 amide bonds. The number of carbonyl (C=O) groups is 1. The molecule has 0 fully saturated rings. The number of benzene rings is 2. The first kappa shape index (κ1) is 17.4. The lowest BCUT2D eigenvalue weighted by Gasteiger charge is -2.14. The zero-order chi connectivity index (χ0) is 17.0. The number of hydrogen-bond acceptors (Lipinski definition) is 2. The number of ether oxygens (including phenoxy) is 1. The average Bonchev–Trinajstić information content (AvgIpc) is 2.42. The first-order valence-electron chi connectivity index (χ1n) is 6.33. The third kappa shape index (κ3) is 5.33. The van der Waals surface area contributed by atoms with Crippen molar-refractivity contribution in [3.8, 4) is 5.75 Å². The molecule has 0 heterocycles. The summed E-state index contributed by atoms with van der Waals surface area (Å²) >= 11 is 11.7. The predicted molar refractivity (Wildman–Crippen MR) is 81.9 cm³/mol. The second-order valence-corrected chi connectivity index (χ2v) is 5.35. The number of carbonyl (C=O) groups excluding carboxylic acids is 1. The number of nitrogens with one attached hydrogen (secondary N) is 1. The van der Waals surface area contributed by atoms with E-state index >= 15 is 0 Å². The Hall–Kier alpha value is -1.92. The molecule has 122 valence electrons. The second kappa shape index (κ2) is 7.10. The molecule has 0 spiro atoms. The monoisotopic (exact) mass is 363 g/mol. The van der Waals surface area contributed by atoms with Crippen LogP contribution in [-0.2, 0) is 11.2 Å². The van der Waals surface area contributed by atoms with Gasteiger partial charge in [0.05, 0.1) is 12.1 Å². The van der Waals surface area contributed by atoms with Crippen molar-refractivity contribution in [2.45, 2.75) is 12.8 Å². The van der Waals surface area contributed by atoms with Crippen molar-refractivity contribution in [1.82, 2.24) is 0 Å². The van der Waals surface area contributed by atoms with E-state index in [1.54, 1.807) is 12.1 Å². The van der Waals surface area contributed by atoms with Gasteiger partial charge in [-0.2, -0.15) is 0 Å². The largest absolute Gasteiger partial charge is 0.573 e. The number of alkyl halides is 3. The van der Waals surface area contributed by atoms with Crippen LogP contribution in [0, 0.1) is 0 Å². The highest BCUT2D eigenvalue weighted by Gasteiger charge is 2.32. The molecule has 0 atom stereocenters.